The van der Waals surface area contributed by atoms with Gasteiger partial charge in [0.2, 0.25) is 0 Å². The summed E-state index contributed by atoms with van der Waals surface area (Å²) >= 11 is 0. The Kier molecular flexibility index (Phi) is 2.17. The molecule has 0 amide bonds. The second-order valence-corrected chi connectivity index (χ2v) is 3.30. The van der Waals surface area contributed by atoms with E-state index in [2.05, 4.69) is 4.98 Å². The van der Waals surface area contributed by atoms with Gasteiger partial charge in [0, 0.05) is 7.05 Å². The van der Waals surface area contributed by atoms with Gasteiger partial charge in [0.05, 0.1) is 23.1 Å². The predicted octanol–water partition coefficient (Wildman–Crippen LogP) is 0.730. The van der Waals surface area contributed by atoms with Gasteiger partial charge in [-0.15, -0.1) is 0 Å². The summed E-state index contributed by atoms with van der Waals surface area (Å²) in [4.78, 5) is 15.0. The molecule has 0 spiro atoms. The molecule has 5 heteroatoms. The van der Waals surface area contributed by atoms with Crippen LogP contribution in [0, 0.1) is 0 Å². The molecule has 0 aliphatic rings. The molecule has 0 unspecified atom stereocenters. The number of carboxylic acids is 1. The number of nitrogens with zero attached hydrogens (tertiary/aromatic N) is 2. The lowest BCUT2D eigenvalue weighted by atomic mass is 10.2. The van der Waals surface area contributed by atoms with E-state index in [1.807, 2.05) is 11.6 Å². The number of imidazole rings is 1. The summed E-state index contributed by atoms with van der Waals surface area (Å²) in [6.45, 7) is 0.341. The highest BCUT2D eigenvalue weighted by molar-refractivity contribution is 5.92. The van der Waals surface area contributed by atoms with E-state index in [1.165, 1.54) is 0 Å². The van der Waals surface area contributed by atoms with Crippen LogP contribution in [0.15, 0.2) is 18.2 Å². The molecule has 0 fully saturated rings. The Morgan fingerprint density at radius 1 is 1.60 bits per heavy atom. The van der Waals surface area contributed by atoms with E-state index in [0.29, 0.717) is 12.1 Å². The Morgan fingerprint density at radius 2 is 2.33 bits per heavy atom. The summed E-state index contributed by atoms with van der Waals surface area (Å²) in [7, 11) is 1.86. The van der Waals surface area contributed by atoms with Gasteiger partial charge in [0.15, 0.2) is 0 Å². The van der Waals surface area contributed by atoms with Crippen LogP contribution >= 0.6 is 0 Å². The topological polar surface area (TPSA) is 81.1 Å². The third kappa shape index (κ3) is 1.46. The number of nitrogens with two attached hydrogens (primary N) is 1. The van der Waals surface area contributed by atoms with Gasteiger partial charge in [-0.3, -0.25) is 0 Å². The molecule has 0 saturated heterocycles. The van der Waals surface area contributed by atoms with Crippen molar-refractivity contribution in [1.82, 2.24) is 9.55 Å². The van der Waals surface area contributed by atoms with Gasteiger partial charge < -0.3 is 15.4 Å². The van der Waals surface area contributed by atoms with Gasteiger partial charge >= 0.3 is 5.97 Å². The maximum atomic E-state index is 10.7. The van der Waals surface area contributed by atoms with Crippen molar-refractivity contribution in [3.63, 3.8) is 0 Å². The average Bonchev–Trinajstić information content (AvgIpc) is 2.55. The number of aromatic nitrogens is 2. The standard InChI is InChI=1S/C10H11N3O2/c1-13-8-3-2-6(10(14)15)4-7(8)12-9(13)5-11/h2-4H,5,11H2,1H3,(H,14,15). The van der Waals surface area contributed by atoms with Crippen LogP contribution in [0.4, 0.5) is 0 Å². The molecule has 15 heavy (non-hydrogen) atoms. The number of aromatic carboxylic acids is 1. The summed E-state index contributed by atoms with van der Waals surface area (Å²) in [6, 6.07) is 4.86. The maximum absolute atomic E-state index is 10.7. The van der Waals surface area contributed by atoms with Crippen LogP contribution in [-0.2, 0) is 13.6 Å². The number of hydrogen-bond acceptors (Lipinski definition) is 3. The van der Waals surface area contributed by atoms with Gasteiger partial charge in [-0.1, -0.05) is 0 Å². The first kappa shape index (κ1) is 9.67. The van der Waals surface area contributed by atoms with Crippen molar-refractivity contribution in [1.29, 1.82) is 0 Å². The molecule has 1 aromatic heterocycles. The fraction of sp³-hybridized carbons (Fsp3) is 0.200. The third-order valence-electron chi connectivity index (χ3n) is 2.40. The largest absolute Gasteiger partial charge is 0.478 e. The molecule has 78 valence electrons. The first-order valence-corrected chi connectivity index (χ1v) is 4.52. The molecule has 2 aromatic rings. The number of carboxylic acid groups (broad SMARTS) is 1. The summed E-state index contributed by atoms with van der Waals surface area (Å²) in [5.41, 5.74) is 7.31. The smallest absolute Gasteiger partial charge is 0.335 e. The Labute approximate surface area is 86.1 Å². The molecule has 0 bridgehead atoms. The summed E-state index contributed by atoms with van der Waals surface area (Å²) < 4.78 is 1.86. The molecular weight excluding hydrogens is 194 g/mol. The van der Waals surface area contributed by atoms with Crippen molar-refractivity contribution >= 4 is 17.0 Å². The number of carbonyl (C=O) groups is 1. The van der Waals surface area contributed by atoms with Crippen LogP contribution in [0.5, 0.6) is 0 Å². The van der Waals surface area contributed by atoms with Crippen LogP contribution in [0.3, 0.4) is 0 Å². The average molecular weight is 205 g/mol. The van der Waals surface area contributed by atoms with Crippen molar-refractivity contribution in [2.24, 2.45) is 12.8 Å². The van der Waals surface area contributed by atoms with Gasteiger partial charge in [0.25, 0.3) is 0 Å². The lowest BCUT2D eigenvalue weighted by Gasteiger charge is -1.98. The summed E-state index contributed by atoms with van der Waals surface area (Å²) in [5.74, 6) is -0.204. The van der Waals surface area contributed by atoms with E-state index in [4.69, 9.17) is 10.8 Å². The minimum atomic E-state index is -0.947. The van der Waals surface area contributed by atoms with Crippen LogP contribution in [-0.4, -0.2) is 20.6 Å². The van der Waals surface area contributed by atoms with E-state index in [9.17, 15) is 4.79 Å². The lowest BCUT2D eigenvalue weighted by Crippen LogP contribution is -2.04. The fourth-order valence-electron chi connectivity index (χ4n) is 1.57. The number of rotatable bonds is 2. The van der Waals surface area contributed by atoms with Crippen molar-refractivity contribution < 1.29 is 9.90 Å². The van der Waals surface area contributed by atoms with E-state index in [-0.39, 0.29) is 5.56 Å². The van der Waals surface area contributed by atoms with Crippen molar-refractivity contribution in [2.45, 2.75) is 6.54 Å². The molecule has 0 aliphatic carbocycles. The van der Waals surface area contributed by atoms with Crippen LogP contribution < -0.4 is 5.73 Å². The van der Waals surface area contributed by atoms with E-state index >= 15 is 0 Å². The zero-order valence-electron chi connectivity index (χ0n) is 8.27. The zero-order chi connectivity index (χ0) is 11.0. The second-order valence-electron chi connectivity index (χ2n) is 3.30. The van der Waals surface area contributed by atoms with Crippen LogP contribution in [0.25, 0.3) is 11.0 Å². The van der Waals surface area contributed by atoms with Crippen molar-refractivity contribution in [2.75, 3.05) is 0 Å². The quantitative estimate of drug-likeness (QED) is 0.757. The number of fused-ring (bicyclic) bond motifs is 1. The molecule has 0 saturated carbocycles. The van der Waals surface area contributed by atoms with Gasteiger partial charge in [-0.2, -0.15) is 0 Å². The normalized spacial score (nSPS) is 10.8. The second kappa shape index (κ2) is 3.36. The molecule has 0 atom stereocenters. The molecular formula is C10H11N3O2. The highest BCUT2D eigenvalue weighted by Gasteiger charge is 2.09. The van der Waals surface area contributed by atoms with Crippen LogP contribution in [0.2, 0.25) is 0 Å². The molecule has 0 aliphatic heterocycles. The van der Waals surface area contributed by atoms with Crippen molar-refractivity contribution in [3.8, 4) is 0 Å². The minimum Gasteiger partial charge on any atom is -0.478 e. The minimum absolute atomic E-state index is 0.240. The Bertz CT molecular complexity index is 531. The monoisotopic (exact) mass is 205 g/mol. The Morgan fingerprint density at radius 3 is 2.93 bits per heavy atom. The maximum Gasteiger partial charge on any atom is 0.335 e. The van der Waals surface area contributed by atoms with Crippen molar-refractivity contribution in [3.05, 3.63) is 29.6 Å². The Hall–Kier alpha value is -1.88. The first-order chi connectivity index (χ1) is 7.13. The van der Waals surface area contributed by atoms with Gasteiger partial charge in [-0.25, -0.2) is 9.78 Å². The van der Waals surface area contributed by atoms with Gasteiger partial charge in [-0.05, 0) is 18.2 Å². The van der Waals surface area contributed by atoms with Gasteiger partial charge in [0.1, 0.15) is 5.82 Å². The molecule has 2 rings (SSSR count). The zero-order valence-corrected chi connectivity index (χ0v) is 8.27. The molecule has 3 N–H and O–H groups in total. The van der Waals surface area contributed by atoms with Crippen LogP contribution in [0.1, 0.15) is 16.2 Å². The molecule has 1 heterocycles. The number of benzene rings is 1. The highest BCUT2D eigenvalue weighted by Crippen LogP contribution is 2.16. The molecule has 0 radical (unpaired) electrons. The lowest BCUT2D eigenvalue weighted by molar-refractivity contribution is 0.0697. The highest BCUT2D eigenvalue weighted by atomic mass is 16.4. The fourth-order valence-corrected chi connectivity index (χ4v) is 1.57. The summed E-state index contributed by atoms with van der Waals surface area (Å²) in [6.07, 6.45) is 0. The number of aryl methyl sites for hydroxylation is 1. The van der Waals surface area contributed by atoms with E-state index in [1.54, 1.807) is 18.2 Å². The predicted molar refractivity (Wildman–Crippen MR) is 55.6 cm³/mol. The third-order valence-corrected chi connectivity index (χ3v) is 2.40. The van der Waals surface area contributed by atoms with E-state index < -0.39 is 5.97 Å². The SMILES string of the molecule is Cn1c(CN)nc2cc(C(=O)O)ccc21. The van der Waals surface area contributed by atoms with E-state index in [0.717, 1.165) is 11.3 Å². The molecule has 1 aromatic carbocycles. The first-order valence-electron chi connectivity index (χ1n) is 4.52. The number of hydrogen-bond donors (Lipinski definition) is 2. The summed E-state index contributed by atoms with van der Waals surface area (Å²) in [5, 5.41) is 8.82. The Balaban J connectivity index is 2.68. The molecule has 5 nitrogen and oxygen atoms in total.